The van der Waals surface area contributed by atoms with E-state index in [0.717, 1.165) is 4.90 Å². The highest BCUT2D eigenvalue weighted by atomic mass is 79.9. The van der Waals surface area contributed by atoms with Gasteiger partial charge in [0, 0.05) is 9.37 Å². The fourth-order valence-electron chi connectivity index (χ4n) is 1.37. The van der Waals surface area contributed by atoms with Crippen molar-refractivity contribution in [1.29, 1.82) is 0 Å². The Balaban J connectivity index is 2.46. The molecule has 0 fully saturated rings. The van der Waals surface area contributed by atoms with Gasteiger partial charge in [-0.05, 0) is 28.1 Å². The average Bonchev–Trinajstić information content (AvgIpc) is 2.28. The molecule has 0 aromatic heterocycles. The Morgan fingerprint density at radius 1 is 1.56 bits per heavy atom. The summed E-state index contributed by atoms with van der Waals surface area (Å²) in [4.78, 5) is 23.6. The standard InChI is InChI=1S/C10H8BrNO3S/c1-15-10(14)5-2-7-8(3-6(5)11)16-4-9(13)12-7/h2-3H,4H2,1H3,(H,12,13). The lowest BCUT2D eigenvalue weighted by atomic mass is 10.2. The molecule has 1 aliphatic rings. The molecule has 2 rings (SSSR count). The van der Waals surface area contributed by atoms with Crippen molar-refractivity contribution in [1.82, 2.24) is 0 Å². The molecule has 1 amide bonds. The van der Waals surface area contributed by atoms with Crippen LogP contribution in [0, 0.1) is 0 Å². The zero-order valence-electron chi connectivity index (χ0n) is 8.37. The molecular weight excluding hydrogens is 294 g/mol. The first-order valence-corrected chi connectivity index (χ1v) is 6.24. The molecule has 0 spiro atoms. The Morgan fingerprint density at radius 3 is 3.00 bits per heavy atom. The molecule has 6 heteroatoms. The third-order valence-electron chi connectivity index (χ3n) is 2.11. The maximum atomic E-state index is 11.4. The summed E-state index contributed by atoms with van der Waals surface area (Å²) < 4.78 is 5.31. The Labute approximate surface area is 105 Å². The lowest BCUT2D eigenvalue weighted by Crippen LogP contribution is -2.19. The van der Waals surface area contributed by atoms with Gasteiger partial charge in [-0.3, -0.25) is 4.79 Å². The van der Waals surface area contributed by atoms with E-state index >= 15 is 0 Å². The number of ether oxygens (including phenoxy) is 1. The second-order valence-corrected chi connectivity index (χ2v) is 5.03. The van der Waals surface area contributed by atoms with Gasteiger partial charge >= 0.3 is 5.97 Å². The van der Waals surface area contributed by atoms with Crippen LogP contribution in [-0.2, 0) is 9.53 Å². The highest BCUT2D eigenvalue weighted by Gasteiger charge is 2.20. The number of nitrogens with one attached hydrogen (secondary N) is 1. The normalized spacial score (nSPS) is 14.0. The Morgan fingerprint density at radius 2 is 2.31 bits per heavy atom. The van der Waals surface area contributed by atoms with Gasteiger partial charge in [-0.2, -0.15) is 0 Å². The molecule has 1 aromatic carbocycles. The summed E-state index contributed by atoms with van der Waals surface area (Å²) in [5, 5.41) is 2.72. The number of thioether (sulfide) groups is 1. The predicted octanol–water partition coefficient (Wildman–Crippen LogP) is 2.28. The van der Waals surface area contributed by atoms with Crippen molar-refractivity contribution < 1.29 is 14.3 Å². The van der Waals surface area contributed by atoms with Crippen LogP contribution >= 0.6 is 27.7 Å². The van der Waals surface area contributed by atoms with Gasteiger partial charge in [-0.15, -0.1) is 11.8 Å². The Hall–Kier alpha value is -1.01. The van der Waals surface area contributed by atoms with Crippen molar-refractivity contribution in [3.8, 4) is 0 Å². The predicted molar refractivity (Wildman–Crippen MR) is 64.8 cm³/mol. The van der Waals surface area contributed by atoms with E-state index in [9.17, 15) is 9.59 Å². The van der Waals surface area contributed by atoms with Gasteiger partial charge in [0.25, 0.3) is 0 Å². The molecule has 1 N–H and O–H groups in total. The number of esters is 1. The van der Waals surface area contributed by atoms with Crippen molar-refractivity contribution in [2.75, 3.05) is 18.2 Å². The maximum Gasteiger partial charge on any atom is 0.339 e. The minimum Gasteiger partial charge on any atom is -0.465 e. The van der Waals surface area contributed by atoms with Gasteiger partial charge in [0.1, 0.15) is 0 Å². The third kappa shape index (κ3) is 2.08. The molecule has 1 heterocycles. The number of hydrogen-bond acceptors (Lipinski definition) is 4. The van der Waals surface area contributed by atoms with Gasteiger partial charge in [-0.1, -0.05) is 0 Å². The summed E-state index contributed by atoms with van der Waals surface area (Å²) in [6.07, 6.45) is 0. The number of rotatable bonds is 1. The quantitative estimate of drug-likeness (QED) is 0.809. The molecular formula is C10H8BrNO3S. The zero-order valence-corrected chi connectivity index (χ0v) is 10.8. The van der Waals surface area contributed by atoms with Crippen molar-refractivity contribution in [3.05, 3.63) is 22.2 Å². The van der Waals surface area contributed by atoms with Gasteiger partial charge in [0.15, 0.2) is 0 Å². The first-order valence-electron chi connectivity index (χ1n) is 4.46. The fraction of sp³-hybridized carbons (Fsp3) is 0.200. The summed E-state index contributed by atoms with van der Waals surface area (Å²) in [6, 6.07) is 3.43. The first-order chi connectivity index (χ1) is 7.61. The van der Waals surface area contributed by atoms with E-state index in [-0.39, 0.29) is 5.91 Å². The van der Waals surface area contributed by atoms with Crippen LogP contribution in [0.4, 0.5) is 5.69 Å². The topological polar surface area (TPSA) is 55.4 Å². The van der Waals surface area contributed by atoms with E-state index in [1.807, 2.05) is 6.07 Å². The van der Waals surface area contributed by atoms with E-state index in [1.54, 1.807) is 6.07 Å². The SMILES string of the molecule is COC(=O)c1cc2c(cc1Br)SCC(=O)N2. The molecule has 16 heavy (non-hydrogen) atoms. The van der Waals surface area contributed by atoms with E-state index in [0.29, 0.717) is 21.5 Å². The van der Waals surface area contributed by atoms with E-state index in [2.05, 4.69) is 26.0 Å². The van der Waals surface area contributed by atoms with Crippen molar-refractivity contribution in [2.45, 2.75) is 4.90 Å². The highest BCUT2D eigenvalue weighted by Crippen LogP contribution is 2.35. The number of halogens is 1. The molecule has 0 atom stereocenters. The zero-order chi connectivity index (χ0) is 11.7. The van der Waals surface area contributed by atoms with Crippen LogP contribution in [0.15, 0.2) is 21.5 Å². The number of anilines is 1. The fourth-order valence-corrected chi connectivity index (χ4v) is 2.85. The van der Waals surface area contributed by atoms with Crippen LogP contribution in [0.25, 0.3) is 0 Å². The molecule has 1 aliphatic heterocycles. The summed E-state index contributed by atoms with van der Waals surface area (Å²) in [6.45, 7) is 0. The van der Waals surface area contributed by atoms with Crippen LogP contribution in [0.3, 0.4) is 0 Å². The second kappa shape index (κ2) is 4.47. The van der Waals surface area contributed by atoms with Crippen LogP contribution in [0.5, 0.6) is 0 Å². The van der Waals surface area contributed by atoms with Gasteiger partial charge in [0.05, 0.1) is 24.1 Å². The number of amides is 1. The largest absolute Gasteiger partial charge is 0.465 e. The molecule has 0 bridgehead atoms. The molecule has 1 aromatic rings. The average molecular weight is 302 g/mol. The van der Waals surface area contributed by atoms with Gasteiger partial charge < -0.3 is 10.1 Å². The molecule has 0 unspecified atom stereocenters. The van der Waals surface area contributed by atoms with Crippen LogP contribution in [0.2, 0.25) is 0 Å². The van der Waals surface area contributed by atoms with Crippen molar-refractivity contribution >= 4 is 45.3 Å². The summed E-state index contributed by atoms with van der Waals surface area (Å²) >= 11 is 4.75. The van der Waals surface area contributed by atoms with Crippen molar-refractivity contribution in [2.24, 2.45) is 0 Å². The van der Waals surface area contributed by atoms with Crippen LogP contribution < -0.4 is 5.32 Å². The molecule has 0 saturated heterocycles. The third-order valence-corrected chi connectivity index (χ3v) is 3.82. The van der Waals surface area contributed by atoms with E-state index in [4.69, 9.17) is 0 Å². The minimum atomic E-state index is -0.431. The van der Waals surface area contributed by atoms with Gasteiger partial charge in [0.2, 0.25) is 5.91 Å². The molecule has 0 saturated carbocycles. The maximum absolute atomic E-state index is 11.4. The number of methoxy groups -OCH3 is 1. The molecule has 0 radical (unpaired) electrons. The Kier molecular flexibility index (Phi) is 3.20. The van der Waals surface area contributed by atoms with Crippen molar-refractivity contribution in [3.63, 3.8) is 0 Å². The van der Waals surface area contributed by atoms with Gasteiger partial charge in [-0.25, -0.2) is 4.79 Å². The second-order valence-electron chi connectivity index (χ2n) is 3.16. The number of carbonyl (C=O) groups excluding carboxylic acids is 2. The first kappa shape index (κ1) is 11.5. The van der Waals surface area contributed by atoms with Crippen LogP contribution in [0.1, 0.15) is 10.4 Å². The highest BCUT2D eigenvalue weighted by molar-refractivity contribution is 9.10. The lowest BCUT2D eigenvalue weighted by Gasteiger charge is -2.17. The lowest BCUT2D eigenvalue weighted by molar-refractivity contribution is -0.113. The minimum absolute atomic E-state index is 0.0596. The monoisotopic (exact) mass is 301 g/mol. The molecule has 0 aliphatic carbocycles. The van der Waals surface area contributed by atoms with E-state index in [1.165, 1.54) is 18.9 Å². The number of benzene rings is 1. The summed E-state index contributed by atoms with van der Waals surface area (Å²) in [5.74, 6) is -0.0908. The smallest absolute Gasteiger partial charge is 0.339 e. The van der Waals surface area contributed by atoms with E-state index < -0.39 is 5.97 Å². The summed E-state index contributed by atoms with van der Waals surface area (Å²) in [7, 11) is 1.32. The Bertz CT molecular complexity index is 475. The number of carbonyl (C=O) groups is 2. The summed E-state index contributed by atoms with van der Waals surface area (Å²) in [5.41, 5.74) is 1.06. The molecule has 84 valence electrons. The number of hydrogen-bond donors (Lipinski definition) is 1. The molecule has 4 nitrogen and oxygen atoms in total. The van der Waals surface area contributed by atoms with Crippen LogP contribution in [-0.4, -0.2) is 24.7 Å². The number of fused-ring (bicyclic) bond motifs is 1.